The van der Waals surface area contributed by atoms with Gasteiger partial charge in [0.15, 0.2) is 0 Å². The maximum absolute atomic E-state index is 11.4. The minimum absolute atomic E-state index is 0.134. The molecule has 86 valence electrons. The molecule has 1 saturated heterocycles. The summed E-state index contributed by atoms with van der Waals surface area (Å²) in [6.07, 6.45) is 6.45. The van der Waals surface area contributed by atoms with Gasteiger partial charge in [0.2, 0.25) is 0 Å². The van der Waals surface area contributed by atoms with Gasteiger partial charge in [-0.2, -0.15) is 0 Å². The van der Waals surface area contributed by atoms with Crippen LogP contribution in [0.1, 0.15) is 46.5 Å². The number of allylic oxidation sites excluding steroid dienone is 1. The third kappa shape index (κ3) is 3.94. The van der Waals surface area contributed by atoms with E-state index >= 15 is 0 Å². The third-order valence-corrected chi connectivity index (χ3v) is 2.41. The molecule has 0 spiro atoms. The van der Waals surface area contributed by atoms with Crippen molar-refractivity contribution in [1.82, 2.24) is 5.32 Å². The number of unbranched alkanes of at least 4 members (excludes halogenated alkanes) is 3. The molecule has 1 N–H and O–H groups in total. The van der Waals surface area contributed by atoms with E-state index in [9.17, 15) is 4.79 Å². The van der Waals surface area contributed by atoms with Crippen LogP contribution < -0.4 is 5.32 Å². The van der Waals surface area contributed by atoms with Gasteiger partial charge in [0, 0.05) is 0 Å². The molecule has 1 rings (SSSR count). The van der Waals surface area contributed by atoms with Crippen LogP contribution in [-0.2, 0) is 9.53 Å². The van der Waals surface area contributed by atoms with Crippen molar-refractivity contribution >= 4 is 5.97 Å². The molecule has 0 radical (unpaired) electrons. The number of rotatable bonds is 4. The molecule has 0 aliphatic carbocycles. The molecule has 1 fully saturated rings. The molecule has 0 amide bonds. The van der Waals surface area contributed by atoms with E-state index in [1.54, 1.807) is 0 Å². The summed E-state index contributed by atoms with van der Waals surface area (Å²) < 4.78 is 5.09. The van der Waals surface area contributed by atoms with Crippen LogP contribution in [0, 0.1) is 0 Å². The van der Waals surface area contributed by atoms with Crippen molar-refractivity contribution < 1.29 is 9.53 Å². The second-order valence-corrected chi connectivity index (χ2v) is 4.70. The first-order valence-corrected chi connectivity index (χ1v) is 5.70. The number of esters is 1. The molecule has 0 atom stereocenters. The highest BCUT2D eigenvalue weighted by atomic mass is 16.5. The smallest absolute Gasteiger partial charge is 0.354 e. The lowest BCUT2D eigenvalue weighted by atomic mass is 10.0. The van der Waals surface area contributed by atoms with Crippen molar-refractivity contribution in [3.63, 3.8) is 0 Å². The highest BCUT2D eigenvalue weighted by Crippen LogP contribution is 2.15. The van der Waals surface area contributed by atoms with Crippen LogP contribution in [-0.4, -0.2) is 18.1 Å². The van der Waals surface area contributed by atoms with E-state index in [1.807, 2.05) is 19.9 Å². The first-order valence-electron chi connectivity index (χ1n) is 5.70. The Hall–Kier alpha value is -0.990. The Morgan fingerprint density at radius 3 is 2.87 bits per heavy atom. The molecule has 0 saturated carbocycles. The number of cyclic esters (lactones) is 1. The fraction of sp³-hybridized carbons (Fsp3) is 0.750. The number of ether oxygens (including phenoxy) is 1. The Kier molecular flexibility index (Phi) is 4.18. The predicted molar refractivity (Wildman–Crippen MR) is 60.4 cm³/mol. The Morgan fingerprint density at radius 2 is 2.20 bits per heavy atom. The van der Waals surface area contributed by atoms with Crippen LogP contribution in [0.25, 0.3) is 0 Å². The van der Waals surface area contributed by atoms with E-state index in [2.05, 4.69) is 12.2 Å². The lowest BCUT2D eigenvalue weighted by molar-refractivity contribution is -0.145. The number of carbonyl (C=O) groups is 1. The molecule has 15 heavy (non-hydrogen) atoms. The summed E-state index contributed by atoms with van der Waals surface area (Å²) in [5.74, 6) is -0.217. The number of nitrogens with one attached hydrogen (secondary N) is 1. The van der Waals surface area contributed by atoms with Gasteiger partial charge in [-0.15, -0.1) is 0 Å². The van der Waals surface area contributed by atoms with Crippen molar-refractivity contribution in [2.24, 2.45) is 0 Å². The SMILES string of the molecule is CCCCCC=C1NC(C)(C)COC1=O. The number of hydrogen-bond donors (Lipinski definition) is 1. The van der Waals surface area contributed by atoms with Crippen LogP contribution in [0.5, 0.6) is 0 Å². The molecule has 3 heteroatoms. The number of carbonyl (C=O) groups excluding carboxylic acids is 1. The zero-order chi connectivity index (χ0) is 11.3. The lowest BCUT2D eigenvalue weighted by Crippen LogP contribution is -2.50. The molecule has 0 aromatic rings. The summed E-state index contributed by atoms with van der Waals surface area (Å²) in [4.78, 5) is 11.4. The standard InChI is InChI=1S/C12H21NO2/c1-4-5-6-7-8-10-11(14)15-9-12(2,3)13-10/h8,13H,4-7,9H2,1-3H3. The van der Waals surface area contributed by atoms with Gasteiger partial charge >= 0.3 is 5.97 Å². The number of morpholine rings is 1. The maximum atomic E-state index is 11.4. The Morgan fingerprint density at radius 1 is 1.47 bits per heavy atom. The van der Waals surface area contributed by atoms with E-state index < -0.39 is 0 Å². The first kappa shape index (κ1) is 12.1. The second kappa shape index (κ2) is 5.19. The van der Waals surface area contributed by atoms with E-state index in [1.165, 1.54) is 12.8 Å². The van der Waals surface area contributed by atoms with E-state index in [0.717, 1.165) is 12.8 Å². The summed E-state index contributed by atoms with van der Waals surface area (Å²) in [6, 6.07) is 0. The zero-order valence-electron chi connectivity index (χ0n) is 9.93. The molecule has 3 nitrogen and oxygen atoms in total. The van der Waals surface area contributed by atoms with E-state index in [-0.39, 0.29) is 11.5 Å². The van der Waals surface area contributed by atoms with E-state index in [0.29, 0.717) is 12.3 Å². The molecule has 0 aromatic heterocycles. The Balaban J connectivity index is 2.47. The van der Waals surface area contributed by atoms with Gasteiger partial charge in [-0.1, -0.05) is 25.8 Å². The normalized spacial score (nSPS) is 22.3. The molecular formula is C12H21NO2. The number of hydrogen-bond acceptors (Lipinski definition) is 3. The van der Waals surface area contributed by atoms with Gasteiger partial charge in [-0.3, -0.25) is 0 Å². The topological polar surface area (TPSA) is 38.3 Å². The van der Waals surface area contributed by atoms with E-state index in [4.69, 9.17) is 4.74 Å². The summed E-state index contributed by atoms with van der Waals surface area (Å²) in [5, 5.41) is 3.21. The molecule has 1 heterocycles. The lowest BCUT2D eigenvalue weighted by Gasteiger charge is -2.32. The van der Waals surface area contributed by atoms with Crippen molar-refractivity contribution in [2.45, 2.75) is 52.0 Å². The monoisotopic (exact) mass is 211 g/mol. The predicted octanol–water partition coefficient (Wildman–Crippen LogP) is 2.38. The van der Waals surface area contributed by atoms with Gasteiger partial charge in [-0.05, 0) is 26.7 Å². The van der Waals surface area contributed by atoms with Crippen LogP contribution in [0.15, 0.2) is 11.8 Å². The fourth-order valence-electron chi connectivity index (χ4n) is 1.55. The third-order valence-electron chi connectivity index (χ3n) is 2.41. The fourth-order valence-corrected chi connectivity index (χ4v) is 1.55. The van der Waals surface area contributed by atoms with Crippen molar-refractivity contribution in [1.29, 1.82) is 0 Å². The maximum Gasteiger partial charge on any atom is 0.354 e. The van der Waals surface area contributed by atoms with Crippen LogP contribution in [0.4, 0.5) is 0 Å². The molecule has 0 unspecified atom stereocenters. The Bertz CT molecular complexity index is 256. The van der Waals surface area contributed by atoms with Crippen molar-refractivity contribution in [2.75, 3.05) is 6.61 Å². The quantitative estimate of drug-likeness (QED) is 0.441. The average Bonchev–Trinajstić information content (AvgIpc) is 2.18. The highest BCUT2D eigenvalue weighted by Gasteiger charge is 2.29. The Labute approximate surface area is 91.9 Å². The van der Waals surface area contributed by atoms with Crippen molar-refractivity contribution in [3.8, 4) is 0 Å². The summed E-state index contributed by atoms with van der Waals surface area (Å²) in [5.41, 5.74) is 0.493. The minimum Gasteiger partial charge on any atom is -0.459 e. The van der Waals surface area contributed by atoms with Gasteiger partial charge < -0.3 is 10.1 Å². The van der Waals surface area contributed by atoms with Crippen LogP contribution in [0.2, 0.25) is 0 Å². The minimum atomic E-state index is -0.217. The first-order chi connectivity index (χ1) is 7.05. The second-order valence-electron chi connectivity index (χ2n) is 4.70. The average molecular weight is 211 g/mol. The molecule has 0 bridgehead atoms. The molecule has 1 aliphatic rings. The molecular weight excluding hydrogens is 190 g/mol. The summed E-state index contributed by atoms with van der Waals surface area (Å²) in [7, 11) is 0. The van der Waals surface area contributed by atoms with Crippen molar-refractivity contribution in [3.05, 3.63) is 11.8 Å². The summed E-state index contributed by atoms with van der Waals surface area (Å²) >= 11 is 0. The molecule has 1 aliphatic heterocycles. The largest absolute Gasteiger partial charge is 0.459 e. The van der Waals surface area contributed by atoms with Gasteiger partial charge in [0.1, 0.15) is 12.3 Å². The van der Waals surface area contributed by atoms with Gasteiger partial charge in [0.05, 0.1) is 5.54 Å². The van der Waals surface area contributed by atoms with Crippen LogP contribution >= 0.6 is 0 Å². The van der Waals surface area contributed by atoms with Gasteiger partial charge in [0.25, 0.3) is 0 Å². The van der Waals surface area contributed by atoms with Crippen LogP contribution in [0.3, 0.4) is 0 Å². The zero-order valence-corrected chi connectivity index (χ0v) is 9.93. The molecule has 0 aromatic carbocycles. The van der Waals surface area contributed by atoms with Gasteiger partial charge in [-0.25, -0.2) is 4.79 Å². The highest BCUT2D eigenvalue weighted by molar-refractivity contribution is 5.88. The summed E-state index contributed by atoms with van der Waals surface area (Å²) in [6.45, 7) is 6.67.